The Morgan fingerprint density at radius 1 is 1.10 bits per heavy atom. The zero-order valence-electron chi connectivity index (χ0n) is 16.5. The van der Waals surface area contributed by atoms with Crippen LogP contribution in [0.15, 0.2) is 71.9 Å². The predicted octanol–water partition coefficient (Wildman–Crippen LogP) is 4.93. The van der Waals surface area contributed by atoms with Gasteiger partial charge in [-0.2, -0.15) is 0 Å². The first-order valence-electron chi connectivity index (χ1n) is 9.39. The van der Waals surface area contributed by atoms with E-state index >= 15 is 0 Å². The van der Waals surface area contributed by atoms with Crippen LogP contribution in [0.4, 0.5) is 5.69 Å². The number of nitrogens with one attached hydrogen (secondary N) is 3. The highest BCUT2D eigenvalue weighted by Gasteiger charge is 2.33. The number of halogens is 1. The molecular weight excluding hydrogens is 418 g/mol. The summed E-state index contributed by atoms with van der Waals surface area (Å²) in [5.74, 6) is 0.398. The number of allylic oxidation sites excluding steroid dienone is 1. The third-order valence-electron chi connectivity index (χ3n) is 5.08. The lowest BCUT2D eigenvalue weighted by atomic mass is 9.90. The summed E-state index contributed by atoms with van der Waals surface area (Å²) >= 11 is 11.6. The number of anilines is 1. The second kappa shape index (κ2) is 8.34. The second-order valence-electron chi connectivity index (χ2n) is 6.91. The monoisotopic (exact) mass is 437 g/mol. The van der Waals surface area contributed by atoms with E-state index in [0.29, 0.717) is 32.8 Å². The summed E-state index contributed by atoms with van der Waals surface area (Å²) in [4.78, 5) is 13.4. The van der Waals surface area contributed by atoms with Gasteiger partial charge in [-0.05, 0) is 48.1 Å². The van der Waals surface area contributed by atoms with Gasteiger partial charge in [0, 0.05) is 11.3 Å². The van der Waals surface area contributed by atoms with Crippen LogP contribution in [0, 0.1) is 0 Å². The summed E-state index contributed by atoms with van der Waals surface area (Å²) in [5, 5.41) is 12.2. The Morgan fingerprint density at radius 3 is 2.60 bits per heavy atom. The number of rotatable bonds is 4. The lowest BCUT2D eigenvalue weighted by Crippen LogP contribution is -2.46. The molecule has 0 bridgehead atoms. The van der Waals surface area contributed by atoms with Crippen molar-refractivity contribution < 1.29 is 9.53 Å². The van der Waals surface area contributed by atoms with Gasteiger partial charge in [-0.15, -0.1) is 0 Å². The number of hydrogen-bond donors (Lipinski definition) is 3. The molecule has 0 fully saturated rings. The van der Waals surface area contributed by atoms with Crippen molar-refractivity contribution in [2.45, 2.75) is 13.0 Å². The maximum Gasteiger partial charge on any atom is 0.255 e. The van der Waals surface area contributed by atoms with E-state index in [1.807, 2.05) is 55.5 Å². The number of methoxy groups -OCH3 is 1. The number of amides is 1. The van der Waals surface area contributed by atoms with Crippen LogP contribution < -0.4 is 20.7 Å². The minimum Gasteiger partial charge on any atom is -0.496 e. The summed E-state index contributed by atoms with van der Waals surface area (Å²) in [5.41, 5.74) is 2.57. The maximum atomic E-state index is 13.4. The van der Waals surface area contributed by atoms with Crippen molar-refractivity contribution in [3.8, 4) is 5.75 Å². The van der Waals surface area contributed by atoms with E-state index in [2.05, 4.69) is 16.0 Å². The molecule has 4 rings (SSSR count). The molecule has 1 amide bonds. The van der Waals surface area contributed by atoms with Gasteiger partial charge in [-0.3, -0.25) is 4.79 Å². The number of carbonyl (C=O) groups excluding carboxylic acids is 1. The summed E-state index contributed by atoms with van der Waals surface area (Å²) in [7, 11) is 1.62. The topological polar surface area (TPSA) is 62.4 Å². The molecule has 3 aromatic rings. The Balaban J connectivity index is 1.85. The van der Waals surface area contributed by atoms with Gasteiger partial charge in [0.05, 0.1) is 29.4 Å². The first kappa shape index (κ1) is 20.2. The van der Waals surface area contributed by atoms with Gasteiger partial charge >= 0.3 is 0 Å². The van der Waals surface area contributed by atoms with Crippen LogP contribution in [-0.4, -0.2) is 18.1 Å². The largest absolute Gasteiger partial charge is 0.496 e. The van der Waals surface area contributed by atoms with Gasteiger partial charge in [0.15, 0.2) is 5.11 Å². The standard InChI is InChI=1S/C23H20ClN3O2S/c1-13-19(22(28)26-17-10-6-5-9-16(17)24)21(27-23(30)25-13)20-15-8-4-3-7-14(15)11-12-18(20)29-2/h3-12,21H,1-2H3,(H,26,28)(H2,25,27,30)/t21-/m1/s1. The molecule has 0 radical (unpaired) electrons. The Labute approximate surface area is 185 Å². The highest BCUT2D eigenvalue weighted by Crippen LogP contribution is 2.38. The van der Waals surface area contributed by atoms with Crippen LogP contribution in [-0.2, 0) is 4.79 Å². The Bertz CT molecular complexity index is 1190. The molecule has 0 saturated carbocycles. The fourth-order valence-corrected chi connectivity index (χ4v) is 4.17. The van der Waals surface area contributed by atoms with Crippen molar-refractivity contribution in [1.29, 1.82) is 0 Å². The minimum absolute atomic E-state index is 0.275. The summed E-state index contributed by atoms with van der Waals surface area (Å²) < 4.78 is 5.66. The first-order valence-corrected chi connectivity index (χ1v) is 10.2. The van der Waals surface area contributed by atoms with E-state index in [9.17, 15) is 4.79 Å². The number of carbonyl (C=O) groups is 1. The highest BCUT2D eigenvalue weighted by atomic mass is 35.5. The molecule has 0 aromatic heterocycles. The average molecular weight is 438 g/mol. The van der Waals surface area contributed by atoms with Crippen molar-refractivity contribution in [3.05, 3.63) is 82.5 Å². The quantitative estimate of drug-likeness (QED) is 0.505. The summed E-state index contributed by atoms with van der Waals surface area (Å²) in [6.45, 7) is 1.83. The molecule has 0 saturated heterocycles. The van der Waals surface area contributed by atoms with Crippen LogP contribution in [0.1, 0.15) is 18.5 Å². The van der Waals surface area contributed by atoms with E-state index in [1.165, 1.54) is 0 Å². The number of hydrogen-bond acceptors (Lipinski definition) is 3. The van der Waals surface area contributed by atoms with E-state index < -0.39 is 6.04 Å². The molecule has 1 aliphatic rings. The third-order valence-corrected chi connectivity index (χ3v) is 5.62. The summed E-state index contributed by atoms with van der Waals surface area (Å²) in [6, 6.07) is 18.5. The van der Waals surface area contributed by atoms with Crippen molar-refractivity contribution in [2.75, 3.05) is 12.4 Å². The molecular formula is C23H20ClN3O2S. The fraction of sp³-hybridized carbons (Fsp3) is 0.130. The van der Waals surface area contributed by atoms with Gasteiger partial charge in [-0.1, -0.05) is 54.1 Å². The molecule has 1 atom stereocenters. The van der Waals surface area contributed by atoms with Crippen LogP contribution in [0.5, 0.6) is 5.75 Å². The van der Waals surface area contributed by atoms with E-state index in [4.69, 9.17) is 28.6 Å². The van der Waals surface area contributed by atoms with E-state index in [1.54, 1.807) is 19.2 Å². The molecule has 3 N–H and O–H groups in total. The SMILES string of the molecule is COc1ccc2ccccc2c1[C@@H]1NC(=S)NC(C)=C1C(=O)Nc1ccccc1Cl. The molecule has 152 valence electrons. The molecule has 0 spiro atoms. The van der Waals surface area contributed by atoms with Crippen molar-refractivity contribution in [2.24, 2.45) is 0 Å². The first-order chi connectivity index (χ1) is 14.5. The Hall–Kier alpha value is -3.09. The van der Waals surface area contributed by atoms with Gasteiger partial charge in [-0.25, -0.2) is 0 Å². The van der Waals surface area contributed by atoms with E-state index in [-0.39, 0.29) is 5.91 Å². The molecule has 0 unspecified atom stereocenters. The van der Waals surface area contributed by atoms with Gasteiger partial charge < -0.3 is 20.7 Å². The van der Waals surface area contributed by atoms with Gasteiger partial charge in [0.2, 0.25) is 0 Å². The molecule has 1 heterocycles. The molecule has 7 heteroatoms. The van der Waals surface area contributed by atoms with Crippen molar-refractivity contribution in [1.82, 2.24) is 10.6 Å². The number of fused-ring (bicyclic) bond motifs is 1. The molecule has 1 aliphatic heterocycles. The van der Waals surface area contributed by atoms with Crippen LogP contribution in [0.3, 0.4) is 0 Å². The number of thiocarbonyl (C=S) groups is 1. The smallest absolute Gasteiger partial charge is 0.255 e. The normalized spacial score (nSPS) is 16.1. The molecule has 0 aliphatic carbocycles. The minimum atomic E-state index is -0.498. The average Bonchev–Trinajstić information content (AvgIpc) is 2.73. The highest BCUT2D eigenvalue weighted by molar-refractivity contribution is 7.80. The summed E-state index contributed by atoms with van der Waals surface area (Å²) in [6.07, 6.45) is 0. The predicted molar refractivity (Wildman–Crippen MR) is 125 cm³/mol. The zero-order valence-corrected chi connectivity index (χ0v) is 18.0. The van der Waals surface area contributed by atoms with Gasteiger partial charge in [0.25, 0.3) is 5.91 Å². The van der Waals surface area contributed by atoms with Crippen LogP contribution in [0.2, 0.25) is 5.02 Å². The Morgan fingerprint density at radius 2 is 1.83 bits per heavy atom. The maximum absolute atomic E-state index is 13.4. The number of para-hydroxylation sites is 1. The van der Waals surface area contributed by atoms with Crippen LogP contribution in [0.25, 0.3) is 10.8 Å². The lowest BCUT2D eigenvalue weighted by Gasteiger charge is -2.32. The second-order valence-corrected chi connectivity index (χ2v) is 7.72. The molecule has 5 nitrogen and oxygen atoms in total. The van der Waals surface area contributed by atoms with Gasteiger partial charge in [0.1, 0.15) is 5.75 Å². The van der Waals surface area contributed by atoms with Crippen molar-refractivity contribution in [3.63, 3.8) is 0 Å². The fourth-order valence-electron chi connectivity index (χ4n) is 3.71. The number of benzene rings is 3. The van der Waals surface area contributed by atoms with E-state index in [0.717, 1.165) is 16.3 Å². The molecule has 30 heavy (non-hydrogen) atoms. The zero-order chi connectivity index (χ0) is 21.3. The Kier molecular flexibility index (Phi) is 5.61. The number of ether oxygens (including phenoxy) is 1. The molecule has 3 aromatic carbocycles. The lowest BCUT2D eigenvalue weighted by molar-refractivity contribution is -0.113. The van der Waals surface area contributed by atoms with Crippen molar-refractivity contribution >= 4 is 51.3 Å². The van der Waals surface area contributed by atoms with Crippen LogP contribution >= 0.6 is 23.8 Å². The third kappa shape index (κ3) is 3.72.